The Bertz CT molecular complexity index is 985. The number of rotatable bonds is 2. The maximum atomic E-state index is 12.6. The Hall–Kier alpha value is -2.23. The second kappa shape index (κ2) is 5.87. The molecule has 0 aliphatic rings. The van der Waals surface area contributed by atoms with Gasteiger partial charge < -0.3 is 0 Å². The molecule has 0 aliphatic carbocycles. The van der Waals surface area contributed by atoms with Crippen LogP contribution in [0.4, 0.5) is 0 Å². The van der Waals surface area contributed by atoms with Gasteiger partial charge in [-0.2, -0.15) is 0 Å². The lowest BCUT2D eigenvalue weighted by molar-refractivity contribution is 0.838. The van der Waals surface area contributed by atoms with Gasteiger partial charge in [0.15, 0.2) is 0 Å². The summed E-state index contributed by atoms with van der Waals surface area (Å²) in [5.41, 5.74) is 1.36. The van der Waals surface area contributed by atoms with Crippen molar-refractivity contribution in [2.24, 2.45) is 0 Å². The van der Waals surface area contributed by atoms with E-state index in [9.17, 15) is 4.79 Å². The van der Waals surface area contributed by atoms with Gasteiger partial charge in [-0.3, -0.25) is 9.89 Å². The lowest BCUT2D eigenvalue weighted by atomic mass is 10.2. The monoisotopic (exact) mass is 330 g/mol. The van der Waals surface area contributed by atoms with Crippen molar-refractivity contribution in [3.8, 4) is 5.69 Å². The fourth-order valence-corrected chi connectivity index (χ4v) is 2.48. The summed E-state index contributed by atoms with van der Waals surface area (Å²) >= 11 is 11.8. The van der Waals surface area contributed by atoms with Gasteiger partial charge in [0.2, 0.25) is 0 Å². The number of hydrogen-bond acceptors (Lipinski definition) is 1. The fraction of sp³-hybridized carbons (Fsp3) is 0. The number of nitrogens with one attached hydrogen (secondary N) is 1. The highest BCUT2D eigenvalue weighted by Gasteiger charge is 2.05. The van der Waals surface area contributed by atoms with Crippen LogP contribution in [0.25, 0.3) is 18.3 Å². The predicted molar refractivity (Wildman–Crippen MR) is 91.2 cm³/mol. The van der Waals surface area contributed by atoms with Gasteiger partial charge in [-0.05, 0) is 42.0 Å². The third-order valence-corrected chi connectivity index (χ3v) is 3.74. The summed E-state index contributed by atoms with van der Waals surface area (Å²) in [5.74, 6) is 0. The van der Waals surface area contributed by atoms with Gasteiger partial charge in [-0.15, -0.1) is 0 Å². The molecule has 1 N–H and O–H groups in total. The molecule has 0 aliphatic heterocycles. The number of benzene rings is 2. The molecule has 0 spiro atoms. The van der Waals surface area contributed by atoms with E-state index in [0.717, 1.165) is 5.56 Å². The van der Waals surface area contributed by atoms with Gasteiger partial charge >= 0.3 is 0 Å². The minimum Gasteiger partial charge on any atom is -0.291 e. The number of H-pyrrole nitrogens is 1. The highest BCUT2D eigenvalue weighted by molar-refractivity contribution is 6.30. The molecule has 0 atom stereocenters. The standard InChI is InChI=1S/C17H12Cl2N2O/c1-11-16(9-12-5-7-13(18)8-6-12)17(22)21(20-11)15-4-2-3-14(19)10-15/h2-10,20H,1H2/b16-9-. The summed E-state index contributed by atoms with van der Waals surface area (Å²) < 4.78 is 1.43. The van der Waals surface area contributed by atoms with Crippen LogP contribution in [-0.4, -0.2) is 9.78 Å². The molecule has 1 heterocycles. The van der Waals surface area contributed by atoms with Crippen LogP contribution in [-0.2, 0) is 0 Å². The summed E-state index contributed by atoms with van der Waals surface area (Å²) in [7, 11) is 0. The fourth-order valence-electron chi connectivity index (χ4n) is 2.17. The van der Waals surface area contributed by atoms with Gasteiger partial charge in [-0.25, -0.2) is 4.68 Å². The highest BCUT2D eigenvalue weighted by Crippen LogP contribution is 2.12. The minimum atomic E-state index is -0.179. The molecular formula is C17H12Cl2N2O. The molecule has 2 aromatic carbocycles. The summed E-state index contributed by atoms with van der Waals surface area (Å²) in [6, 6.07) is 14.3. The molecule has 0 bridgehead atoms. The van der Waals surface area contributed by atoms with Crippen LogP contribution >= 0.6 is 23.2 Å². The van der Waals surface area contributed by atoms with E-state index in [0.29, 0.717) is 26.3 Å². The van der Waals surface area contributed by atoms with Crippen LogP contribution in [0.3, 0.4) is 0 Å². The molecule has 0 radical (unpaired) electrons. The van der Waals surface area contributed by atoms with Crippen molar-refractivity contribution in [1.29, 1.82) is 0 Å². The van der Waals surface area contributed by atoms with E-state index in [1.165, 1.54) is 4.68 Å². The predicted octanol–water partition coefficient (Wildman–Crippen LogP) is 2.71. The van der Waals surface area contributed by atoms with Crippen LogP contribution in [0.5, 0.6) is 0 Å². The molecule has 0 unspecified atom stereocenters. The first-order valence-corrected chi connectivity index (χ1v) is 7.33. The zero-order valence-electron chi connectivity index (χ0n) is 11.5. The topological polar surface area (TPSA) is 37.8 Å². The molecule has 1 aromatic heterocycles. The first-order chi connectivity index (χ1) is 10.5. The molecule has 5 heteroatoms. The zero-order valence-corrected chi connectivity index (χ0v) is 13.0. The SMILES string of the molecule is C=c1[nH]n(-c2cccc(Cl)c2)c(=O)/c1=C\c1ccc(Cl)cc1. The molecule has 110 valence electrons. The van der Waals surface area contributed by atoms with Crippen LogP contribution in [0, 0.1) is 0 Å². The van der Waals surface area contributed by atoms with Gasteiger partial charge in [0.25, 0.3) is 5.56 Å². The van der Waals surface area contributed by atoms with Gasteiger partial charge in [0.05, 0.1) is 16.3 Å². The Morgan fingerprint density at radius 2 is 1.77 bits per heavy atom. The molecular weight excluding hydrogens is 319 g/mol. The molecule has 0 fully saturated rings. The maximum Gasteiger partial charge on any atom is 0.279 e. The van der Waals surface area contributed by atoms with Gasteiger partial charge in [-0.1, -0.05) is 48.0 Å². The first-order valence-electron chi connectivity index (χ1n) is 6.58. The molecule has 3 rings (SSSR count). The Balaban J connectivity index is 2.17. The van der Waals surface area contributed by atoms with Gasteiger partial charge in [0, 0.05) is 10.0 Å². The highest BCUT2D eigenvalue weighted by atomic mass is 35.5. The van der Waals surface area contributed by atoms with Crippen LogP contribution < -0.4 is 16.1 Å². The summed E-state index contributed by atoms with van der Waals surface area (Å²) in [6.45, 7) is 3.90. The second-order valence-electron chi connectivity index (χ2n) is 4.82. The van der Waals surface area contributed by atoms with Crippen LogP contribution in [0.15, 0.2) is 53.3 Å². The summed E-state index contributed by atoms with van der Waals surface area (Å²) in [4.78, 5) is 12.6. The van der Waals surface area contributed by atoms with Crippen LogP contribution in [0.1, 0.15) is 5.56 Å². The van der Waals surface area contributed by atoms with Crippen LogP contribution in [0.2, 0.25) is 10.0 Å². The van der Waals surface area contributed by atoms with E-state index in [1.54, 1.807) is 42.5 Å². The van der Waals surface area contributed by atoms with E-state index in [2.05, 4.69) is 11.7 Å². The Kier molecular flexibility index (Phi) is 3.92. The third-order valence-electron chi connectivity index (χ3n) is 3.25. The Morgan fingerprint density at radius 3 is 2.45 bits per heavy atom. The minimum absolute atomic E-state index is 0.179. The normalized spacial score (nSPS) is 11.8. The molecule has 0 saturated heterocycles. The van der Waals surface area contributed by atoms with Crippen molar-refractivity contribution in [2.45, 2.75) is 0 Å². The lowest BCUT2D eigenvalue weighted by Crippen LogP contribution is -2.33. The molecule has 22 heavy (non-hydrogen) atoms. The number of aromatic nitrogens is 2. The molecule has 3 nitrogen and oxygen atoms in total. The van der Waals surface area contributed by atoms with Crippen molar-refractivity contribution in [3.63, 3.8) is 0 Å². The quantitative estimate of drug-likeness (QED) is 0.770. The number of aromatic amines is 1. The van der Waals surface area contributed by atoms with Crippen molar-refractivity contribution in [1.82, 2.24) is 9.78 Å². The smallest absolute Gasteiger partial charge is 0.279 e. The number of halogens is 2. The summed E-state index contributed by atoms with van der Waals surface area (Å²) in [5, 5.41) is 5.22. The lowest BCUT2D eigenvalue weighted by Gasteiger charge is -2.00. The molecule has 3 aromatic rings. The Morgan fingerprint density at radius 1 is 1.05 bits per heavy atom. The summed E-state index contributed by atoms with van der Waals surface area (Å²) in [6.07, 6.45) is 1.78. The van der Waals surface area contributed by atoms with Gasteiger partial charge in [0.1, 0.15) is 0 Å². The van der Waals surface area contributed by atoms with Crippen molar-refractivity contribution in [3.05, 3.63) is 85.1 Å². The van der Waals surface area contributed by atoms with E-state index < -0.39 is 0 Å². The van der Waals surface area contributed by atoms with Crippen molar-refractivity contribution < 1.29 is 0 Å². The largest absolute Gasteiger partial charge is 0.291 e. The number of nitrogens with zero attached hydrogens (tertiary/aromatic N) is 1. The van der Waals surface area contributed by atoms with Crippen molar-refractivity contribution in [2.75, 3.05) is 0 Å². The third kappa shape index (κ3) is 2.86. The molecule has 0 saturated carbocycles. The zero-order chi connectivity index (χ0) is 15.7. The van der Waals surface area contributed by atoms with Crippen molar-refractivity contribution >= 4 is 35.9 Å². The van der Waals surface area contributed by atoms with E-state index in [1.807, 2.05) is 12.1 Å². The molecule has 0 amide bonds. The average molecular weight is 331 g/mol. The first kappa shape index (κ1) is 14.7. The van der Waals surface area contributed by atoms with E-state index in [-0.39, 0.29) is 5.56 Å². The number of hydrogen-bond donors (Lipinski definition) is 1. The Labute approximate surface area is 136 Å². The maximum absolute atomic E-state index is 12.6. The average Bonchev–Trinajstić information content (AvgIpc) is 2.77. The second-order valence-corrected chi connectivity index (χ2v) is 5.69. The van der Waals surface area contributed by atoms with E-state index >= 15 is 0 Å². The van der Waals surface area contributed by atoms with E-state index in [4.69, 9.17) is 23.2 Å².